The summed E-state index contributed by atoms with van der Waals surface area (Å²) in [4.78, 5) is 6.72. The van der Waals surface area contributed by atoms with Gasteiger partial charge in [-0.05, 0) is 64.5 Å². The molecule has 6 heteroatoms. The fourth-order valence-electron chi connectivity index (χ4n) is 3.38. The number of hydrogen-bond donors (Lipinski definition) is 2. The van der Waals surface area contributed by atoms with Crippen LogP contribution in [0.15, 0.2) is 12.1 Å². The second-order valence-corrected chi connectivity index (χ2v) is 6.65. The lowest BCUT2D eigenvalue weighted by molar-refractivity contribution is 0.217. The topological polar surface area (TPSA) is 82.3 Å². The number of benzene rings is 1. The van der Waals surface area contributed by atoms with Crippen LogP contribution in [0.5, 0.6) is 5.75 Å². The van der Waals surface area contributed by atoms with Crippen molar-refractivity contribution in [3.05, 3.63) is 17.7 Å². The summed E-state index contributed by atoms with van der Waals surface area (Å²) in [5.74, 6) is 2.04. The largest absolute Gasteiger partial charge is 0.493 e. The first-order chi connectivity index (χ1) is 11.1. The van der Waals surface area contributed by atoms with Crippen molar-refractivity contribution < 1.29 is 4.74 Å². The summed E-state index contributed by atoms with van der Waals surface area (Å²) in [5.41, 5.74) is 15.2. The fourth-order valence-corrected chi connectivity index (χ4v) is 3.38. The highest BCUT2D eigenvalue weighted by atomic mass is 16.5. The molecule has 1 aliphatic rings. The van der Waals surface area contributed by atoms with E-state index in [2.05, 4.69) is 28.5 Å². The lowest BCUT2D eigenvalue weighted by atomic mass is 9.93. The molecule has 126 valence electrons. The Bertz CT molecular complexity index is 679. The molecule has 0 saturated carbocycles. The van der Waals surface area contributed by atoms with E-state index in [-0.39, 0.29) is 0 Å². The van der Waals surface area contributed by atoms with Crippen LogP contribution in [0, 0.1) is 5.92 Å². The number of aryl methyl sites for hydroxylation is 1. The number of fused-ring (bicyclic) bond motifs is 3. The van der Waals surface area contributed by atoms with Gasteiger partial charge in [-0.15, -0.1) is 0 Å². The van der Waals surface area contributed by atoms with Gasteiger partial charge in [0.25, 0.3) is 0 Å². The van der Waals surface area contributed by atoms with Gasteiger partial charge in [0.15, 0.2) is 0 Å². The van der Waals surface area contributed by atoms with E-state index in [0.717, 1.165) is 55.7 Å². The van der Waals surface area contributed by atoms with Gasteiger partial charge >= 0.3 is 0 Å². The van der Waals surface area contributed by atoms with Gasteiger partial charge in [0, 0.05) is 12.1 Å². The molecule has 0 saturated heterocycles. The molecule has 1 aromatic carbocycles. The van der Waals surface area contributed by atoms with Crippen LogP contribution in [0.2, 0.25) is 0 Å². The summed E-state index contributed by atoms with van der Waals surface area (Å²) in [6, 6.07) is 4.03. The molecule has 1 aromatic heterocycles. The molecule has 4 N–H and O–H groups in total. The quantitative estimate of drug-likeness (QED) is 0.843. The van der Waals surface area contributed by atoms with E-state index in [4.69, 9.17) is 16.2 Å². The van der Waals surface area contributed by atoms with E-state index < -0.39 is 0 Å². The minimum Gasteiger partial charge on any atom is -0.493 e. The summed E-state index contributed by atoms with van der Waals surface area (Å²) in [6.45, 7) is 3.35. The van der Waals surface area contributed by atoms with Crippen LogP contribution in [-0.2, 0) is 13.0 Å². The molecule has 6 nitrogen and oxygen atoms in total. The number of imidazole rings is 1. The summed E-state index contributed by atoms with van der Waals surface area (Å²) < 4.78 is 8.10. The number of aromatic nitrogens is 2. The van der Waals surface area contributed by atoms with Gasteiger partial charge in [-0.25, -0.2) is 4.98 Å². The normalized spacial score (nSPS) is 17.5. The predicted molar refractivity (Wildman–Crippen MR) is 93.7 cm³/mol. The third-order valence-corrected chi connectivity index (χ3v) is 4.53. The first-order valence-electron chi connectivity index (χ1n) is 8.35. The van der Waals surface area contributed by atoms with Gasteiger partial charge in [0.2, 0.25) is 5.95 Å². The Morgan fingerprint density at radius 1 is 1.39 bits per heavy atom. The monoisotopic (exact) mass is 317 g/mol. The van der Waals surface area contributed by atoms with Crippen molar-refractivity contribution in [2.75, 3.05) is 39.5 Å². The molecule has 3 rings (SSSR count). The van der Waals surface area contributed by atoms with Crippen molar-refractivity contribution in [3.8, 4) is 5.75 Å². The summed E-state index contributed by atoms with van der Waals surface area (Å²) in [6.07, 6.45) is 3.02. The van der Waals surface area contributed by atoms with Crippen molar-refractivity contribution in [2.24, 2.45) is 11.7 Å². The third-order valence-electron chi connectivity index (χ3n) is 4.53. The molecule has 2 aromatic rings. The minimum atomic E-state index is 0.476. The Morgan fingerprint density at radius 3 is 2.96 bits per heavy atom. The maximum absolute atomic E-state index is 6.17. The predicted octanol–water partition coefficient (Wildman–Crippen LogP) is 1.47. The molecule has 2 heterocycles. The van der Waals surface area contributed by atoms with Gasteiger partial charge < -0.3 is 25.7 Å². The summed E-state index contributed by atoms with van der Waals surface area (Å²) in [5, 5.41) is 0. The van der Waals surface area contributed by atoms with Crippen LogP contribution < -0.4 is 16.2 Å². The van der Waals surface area contributed by atoms with Crippen molar-refractivity contribution in [3.63, 3.8) is 0 Å². The van der Waals surface area contributed by atoms with Gasteiger partial charge in [-0.1, -0.05) is 0 Å². The van der Waals surface area contributed by atoms with E-state index >= 15 is 0 Å². The zero-order valence-electron chi connectivity index (χ0n) is 14.1. The number of anilines is 1. The Morgan fingerprint density at radius 2 is 2.22 bits per heavy atom. The van der Waals surface area contributed by atoms with Crippen LogP contribution in [0.3, 0.4) is 0 Å². The Labute approximate surface area is 137 Å². The van der Waals surface area contributed by atoms with E-state index in [1.807, 2.05) is 12.1 Å². The Kier molecular flexibility index (Phi) is 4.73. The highest BCUT2D eigenvalue weighted by Gasteiger charge is 2.24. The Balaban J connectivity index is 1.95. The molecule has 0 amide bonds. The van der Waals surface area contributed by atoms with E-state index in [1.165, 1.54) is 5.56 Å². The highest BCUT2D eigenvalue weighted by Crippen LogP contribution is 2.35. The zero-order valence-corrected chi connectivity index (χ0v) is 14.1. The van der Waals surface area contributed by atoms with Gasteiger partial charge in [-0.3, -0.25) is 0 Å². The van der Waals surface area contributed by atoms with E-state index in [1.54, 1.807) is 0 Å². The first kappa shape index (κ1) is 16.1. The van der Waals surface area contributed by atoms with Crippen molar-refractivity contribution in [2.45, 2.75) is 25.8 Å². The van der Waals surface area contributed by atoms with Crippen LogP contribution in [0.4, 0.5) is 5.95 Å². The van der Waals surface area contributed by atoms with Crippen molar-refractivity contribution in [1.82, 2.24) is 14.5 Å². The molecule has 1 aliphatic heterocycles. The first-order valence-corrected chi connectivity index (χ1v) is 8.35. The Hall–Kier alpha value is -1.79. The second kappa shape index (κ2) is 6.76. The van der Waals surface area contributed by atoms with Crippen LogP contribution >= 0.6 is 0 Å². The van der Waals surface area contributed by atoms with Crippen LogP contribution in [-0.4, -0.2) is 48.2 Å². The fraction of sp³-hybridized carbons (Fsp3) is 0.588. The smallest absolute Gasteiger partial charge is 0.201 e. The number of hydrogen-bond acceptors (Lipinski definition) is 5. The van der Waals surface area contributed by atoms with E-state index in [0.29, 0.717) is 18.4 Å². The highest BCUT2D eigenvalue weighted by molar-refractivity contribution is 5.84. The van der Waals surface area contributed by atoms with Gasteiger partial charge in [-0.2, -0.15) is 0 Å². The van der Waals surface area contributed by atoms with Crippen LogP contribution in [0.25, 0.3) is 11.0 Å². The SMILES string of the molecule is CN(C)CCCn1c(N)nc2ccc3c(c21)CC(CCN)CO3. The molecule has 0 fully saturated rings. The van der Waals surface area contributed by atoms with Crippen molar-refractivity contribution >= 4 is 17.0 Å². The molecular formula is C17H27N5O. The van der Waals surface area contributed by atoms with Gasteiger partial charge in [0.05, 0.1) is 17.6 Å². The summed E-state index contributed by atoms with van der Waals surface area (Å²) in [7, 11) is 4.17. The number of nitrogens with two attached hydrogens (primary N) is 2. The maximum atomic E-state index is 6.17. The maximum Gasteiger partial charge on any atom is 0.201 e. The molecule has 0 aliphatic carbocycles. The molecule has 1 atom stereocenters. The van der Waals surface area contributed by atoms with E-state index in [9.17, 15) is 0 Å². The lowest BCUT2D eigenvalue weighted by Crippen LogP contribution is -2.24. The van der Waals surface area contributed by atoms with Gasteiger partial charge in [0.1, 0.15) is 5.75 Å². The average Bonchev–Trinajstić information content (AvgIpc) is 2.83. The lowest BCUT2D eigenvalue weighted by Gasteiger charge is -2.26. The molecule has 0 radical (unpaired) electrons. The molecule has 0 spiro atoms. The average molecular weight is 317 g/mol. The summed E-state index contributed by atoms with van der Waals surface area (Å²) >= 11 is 0. The third kappa shape index (κ3) is 3.28. The van der Waals surface area contributed by atoms with Crippen LogP contribution in [0.1, 0.15) is 18.4 Å². The second-order valence-electron chi connectivity index (χ2n) is 6.65. The number of rotatable bonds is 6. The number of ether oxygens (including phenoxy) is 1. The zero-order chi connectivity index (χ0) is 16.4. The molecule has 1 unspecified atom stereocenters. The van der Waals surface area contributed by atoms with Crippen molar-refractivity contribution in [1.29, 1.82) is 0 Å². The number of nitrogen functional groups attached to an aromatic ring is 1. The molecule has 23 heavy (non-hydrogen) atoms. The minimum absolute atomic E-state index is 0.476. The number of nitrogens with zero attached hydrogens (tertiary/aromatic N) is 3. The standard InChI is InChI=1S/C17H27N5O/c1-21(2)8-3-9-22-16-13-10-12(6-7-18)11-23-15(13)5-4-14(16)20-17(22)19/h4-5,12H,3,6-11,18H2,1-2H3,(H2,19,20). The molecular weight excluding hydrogens is 290 g/mol. The molecule has 0 bridgehead atoms.